The normalized spacial score (nSPS) is 10.7. The molecule has 0 amide bonds. The number of phenols is 1. The first kappa shape index (κ1) is 13.6. The summed E-state index contributed by atoms with van der Waals surface area (Å²) in [5.41, 5.74) is 1.15. The van der Waals surface area contributed by atoms with Gasteiger partial charge in [0.2, 0.25) is 0 Å². The summed E-state index contributed by atoms with van der Waals surface area (Å²) in [7, 11) is 0. The summed E-state index contributed by atoms with van der Waals surface area (Å²) in [6.45, 7) is 0.643. The van der Waals surface area contributed by atoms with E-state index in [0.29, 0.717) is 12.3 Å². The number of nitrogens with zero attached hydrogens (tertiary/aromatic N) is 4. The van der Waals surface area contributed by atoms with Crippen LogP contribution >= 0.6 is 11.8 Å². The Balaban J connectivity index is 1.70. The van der Waals surface area contributed by atoms with E-state index >= 15 is 0 Å². The third-order valence-corrected chi connectivity index (χ3v) is 4.06. The molecule has 0 aliphatic carbocycles. The molecule has 0 aliphatic heterocycles. The van der Waals surface area contributed by atoms with Gasteiger partial charge in [0.1, 0.15) is 5.75 Å². The molecular weight excluding hydrogens is 284 g/mol. The molecule has 0 fully saturated rings. The second-order valence-corrected chi connectivity index (χ2v) is 5.51. The van der Waals surface area contributed by atoms with Gasteiger partial charge in [0, 0.05) is 4.90 Å². The van der Waals surface area contributed by atoms with Gasteiger partial charge in [-0.25, -0.2) is 4.68 Å². The van der Waals surface area contributed by atoms with Gasteiger partial charge in [-0.2, -0.15) is 0 Å². The van der Waals surface area contributed by atoms with E-state index in [1.165, 1.54) is 11.8 Å². The standard InChI is InChI=1S/C15H14N4OS/c20-13-8-4-5-9-14(13)21-11-15-16-17-18-19(15)10-12-6-2-1-3-7-12/h1-9,20H,10-11H2. The molecule has 5 nitrogen and oxygen atoms in total. The Hall–Kier alpha value is -2.34. The second kappa shape index (κ2) is 6.41. The fraction of sp³-hybridized carbons (Fsp3) is 0.133. The molecule has 0 aliphatic rings. The van der Waals surface area contributed by atoms with Crippen LogP contribution in [0.25, 0.3) is 0 Å². The Labute approximate surface area is 126 Å². The van der Waals surface area contributed by atoms with Gasteiger partial charge in [0.25, 0.3) is 0 Å². The van der Waals surface area contributed by atoms with Gasteiger partial charge in [-0.05, 0) is 28.1 Å². The Morgan fingerprint density at radius 3 is 2.57 bits per heavy atom. The SMILES string of the molecule is Oc1ccccc1SCc1nnnn1Cc1ccccc1. The zero-order valence-electron chi connectivity index (χ0n) is 11.3. The summed E-state index contributed by atoms with van der Waals surface area (Å²) in [5, 5.41) is 21.6. The summed E-state index contributed by atoms with van der Waals surface area (Å²) in [6, 6.07) is 17.3. The van der Waals surface area contributed by atoms with Crippen LogP contribution in [0.2, 0.25) is 0 Å². The predicted molar refractivity (Wildman–Crippen MR) is 81.0 cm³/mol. The van der Waals surface area contributed by atoms with Crippen LogP contribution in [0.1, 0.15) is 11.4 Å². The molecule has 3 aromatic rings. The maximum atomic E-state index is 9.76. The quantitative estimate of drug-likeness (QED) is 0.734. The van der Waals surface area contributed by atoms with E-state index in [1.807, 2.05) is 42.5 Å². The highest BCUT2D eigenvalue weighted by molar-refractivity contribution is 7.98. The van der Waals surface area contributed by atoms with Crippen molar-refractivity contribution in [2.24, 2.45) is 0 Å². The fourth-order valence-electron chi connectivity index (χ4n) is 1.93. The number of hydrogen-bond acceptors (Lipinski definition) is 5. The number of aromatic nitrogens is 4. The zero-order chi connectivity index (χ0) is 14.5. The molecule has 0 saturated heterocycles. The smallest absolute Gasteiger partial charge is 0.161 e. The Morgan fingerprint density at radius 1 is 1.00 bits per heavy atom. The van der Waals surface area contributed by atoms with Crippen LogP contribution in [-0.4, -0.2) is 25.3 Å². The van der Waals surface area contributed by atoms with Gasteiger partial charge in [-0.3, -0.25) is 0 Å². The van der Waals surface area contributed by atoms with Crippen LogP contribution in [0.3, 0.4) is 0 Å². The van der Waals surface area contributed by atoms with Gasteiger partial charge in [-0.1, -0.05) is 42.5 Å². The maximum Gasteiger partial charge on any atom is 0.161 e. The highest BCUT2D eigenvalue weighted by Crippen LogP contribution is 2.29. The predicted octanol–water partition coefficient (Wildman–Crippen LogP) is 2.72. The minimum absolute atomic E-state index is 0.282. The van der Waals surface area contributed by atoms with Gasteiger partial charge in [0.15, 0.2) is 5.82 Å². The van der Waals surface area contributed by atoms with E-state index in [2.05, 4.69) is 15.5 Å². The summed E-state index contributed by atoms with van der Waals surface area (Å²) >= 11 is 1.52. The molecule has 6 heteroatoms. The number of para-hydroxylation sites is 1. The number of aromatic hydroxyl groups is 1. The van der Waals surface area contributed by atoms with Crippen molar-refractivity contribution in [3.63, 3.8) is 0 Å². The minimum Gasteiger partial charge on any atom is -0.507 e. The lowest BCUT2D eigenvalue weighted by molar-refractivity contribution is 0.462. The maximum absolute atomic E-state index is 9.76. The first-order valence-corrected chi connectivity index (χ1v) is 7.51. The Kier molecular flexibility index (Phi) is 4.16. The molecule has 0 spiro atoms. The Morgan fingerprint density at radius 2 is 1.76 bits per heavy atom. The van der Waals surface area contributed by atoms with Crippen molar-refractivity contribution in [2.45, 2.75) is 17.2 Å². The van der Waals surface area contributed by atoms with E-state index < -0.39 is 0 Å². The molecule has 21 heavy (non-hydrogen) atoms. The van der Waals surface area contributed by atoms with Crippen molar-refractivity contribution in [1.82, 2.24) is 20.2 Å². The largest absolute Gasteiger partial charge is 0.507 e. The lowest BCUT2D eigenvalue weighted by Gasteiger charge is -2.05. The van der Waals surface area contributed by atoms with Crippen molar-refractivity contribution in [3.8, 4) is 5.75 Å². The van der Waals surface area contributed by atoms with Crippen LogP contribution in [-0.2, 0) is 12.3 Å². The third-order valence-electron chi connectivity index (χ3n) is 3.00. The van der Waals surface area contributed by atoms with Gasteiger partial charge in [0.05, 0.1) is 12.3 Å². The number of tetrazole rings is 1. The Bertz CT molecular complexity index is 714. The average Bonchev–Trinajstić information content (AvgIpc) is 2.95. The van der Waals surface area contributed by atoms with Crippen molar-refractivity contribution >= 4 is 11.8 Å². The lowest BCUT2D eigenvalue weighted by atomic mass is 10.2. The molecule has 3 rings (SSSR count). The molecule has 0 saturated carbocycles. The molecule has 0 unspecified atom stereocenters. The van der Waals surface area contributed by atoms with E-state index in [1.54, 1.807) is 16.8 Å². The molecule has 0 bridgehead atoms. The van der Waals surface area contributed by atoms with Gasteiger partial charge in [-0.15, -0.1) is 16.9 Å². The summed E-state index contributed by atoms with van der Waals surface area (Å²) in [6.07, 6.45) is 0. The minimum atomic E-state index is 0.282. The molecule has 1 heterocycles. The van der Waals surface area contributed by atoms with Gasteiger partial charge < -0.3 is 5.11 Å². The van der Waals surface area contributed by atoms with Crippen LogP contribution in [0.15, 0.2) is 59.5 Å². The number of hydrogen-bond donors (Lipinski definition) is 1. The van der Waals surface area contributed by atoms with Gasteiger partial charge >= 0.3 is 0 Å². The van der Waals surface area contributed by atoms with Crippen molar-refractivity contribution in [1.29, 1.82) is 0 Å². The zero-order valence-corrected chi connectivity index (χ0v) is 12.1. The van der Waals surface area contributed by atoms with Crippen molar-refractivity contribution < 1.29 is 5.11 Å². The summed E-state index contributed by atoms with van der Waals surface area (Å²) in [5.74, 6) is 1.67. The lowest BCUT2D eigenvalue weighted by Crippen LogP contribution is -2.06. The molecule has 2 aromatic carbocycles. The monoisotopic (exact) mass is 298 g/mol. The highest BCUT2D eigenvalue weighted by Gasteiger charge is 2.09. The van der Waals surface area contributed by atoms with Crippen LogP contribution in [0.4, 0.5) is 0 Å². The summed E-state index contributed by atoms with van der Waals surface area (Å²) in [4.78, 5) is 0.826. The van der Waals surface area contributed by atoms with E-state index in [9.17, 15) is 5.11 Å². The molecule has 1 aromatic heterocycles. The molecule has 1 N–H and O–H groups in total. The van der Waals surface area contributed by atoms with Crippen molar-refractivity contribution in [2.75, 3.05) is 0 Å². The first-order valence-electron chi connectivity index (χ1n) is 6.52. The number of phenolic OH excluding ortho intramolecular Hbond substituents is 1. The van der Waals surface area contributed by atoms with E-state index in [4.69, 9.17) is 0 Å². The molecular formula is C15H14N4OS. The van der Waals surface area contributed by atoms with Crippen LogP contribution < -0.4 is 0 Å². The average molecular weight is 298 g/mol. The first-order chi connectivity index (χ1) is 10.3. The highest BCUT2D eigenvalue weighted by atomic mass is 32.2. The number of rotatable bonds is 5. The molecule has 0 radical (unpaired) electrons. The molecule has 106 valence electrons. The second-order valence-electron chi connectivity index (χ2n) is 4.49. The van der Waals surface area contributed by atoms with Crippen LogP contribution in [0, 0.1) is 0 Å². The number of benzene rings is 2. The third kappa shape index (κ3) is 3.41. The van der Waals surface area contributed by atoms with Crippen molar-refractivity contribution in [3.05, 3.63) is 66.0 Å². The van der Waals surface area contributed by atoms with E-state index in [-0.39, 0.29) is 5.75 Å². The summed E-state index contributed by atoms with van der Waals surface area (Å²) < 4.78 is 1.78. The fourth-order valence-corrected chi connectivity index (χ4v) is 2.81. The topological polar surface area (TPSA) is 63.8 Å². The number of thioether (sulfide) groups is 1. The molecule has 0 atom stereocenters. The van der Waals surface area contributed by atoms with Crippen LogP contribution in [0.5, 0.6) is 5.75 Å². The van der Waals surface area contributed by atoms with E-state index in [0.717, 1.165) is 16.3 Å².